The Balaban J connectivity index is 1.66. The highest BCUT2D eigenvalue weighted by atomic mass is 32.2. The molecule has 0 aliphatic carbocycles. The number of aryl methyl sites for hydroxylation is 1. The third-order valence-corrected chi connectivity index (χ3v) is 7.19. The monoisotopic (exact) mass is 491 g/mol. The first-order chi connectivity index (χ1) is 16.8. The van der Waals surface area contributed by atoms with Gasteiger partial charge in [-0.2, -0.15) is 4.98 Å². The predicted molar refractivity (Wildman–Crippen MR) is 138 cm³/mol. The average molecular weight is 492 g/mol. The number of benzene rings is 3. The molecule has 1 amide bonds. The lowest BCUT2D eigenvalue weighted by Gasteiger charge is -2.11. The molecule has 0 radical (unpaired) electrons. The van der Waals surface area contributed by atoms with Crippen LogP contribution in [0.2, 0.25) is 0 Å². The van der Waals surface area contributed by atoms with Crippen molar-refractivity contribution in [3.63, 3.8) is 0 Å². The van der Waals surface area contributed by atoms with E-state index >= 15 is 0 Å². The van der Waals surface area contributed by atoms with E-state index in [9.17, 15) is 13.2 Å². The molecule has 8 heteroatoms. The van der Waals surface area contributed by atoms with E-state index in [1.54, 1.807) is 19.2 Å². The summed E-state index contributed by atoms with van der Waals surface area (Å²) in [4.78, 5) is 17.4. The Morgan fingerprint density at radius 3 is 2.37 bits per heavy atom. The predicted octanol–water partition coefficient (Wildman–Crippen LogP) is 4.93. The highest BCUT2D eigenvalue weighted by Crippen LogP contribution is 2.28. The van der Waals surface area contributed by atoms with Crippen LogP contribution in [0.15, 0.2) is 66.7 Å². The van der Waals surface area contributed by atoms with Gasteiger partial charge in [-0.25, -0.2) is 13.1 Å². The van der Waals surface area contributed by atoms with E-state index < -0.39 is 15.9 Å². The van der Waals surface area contributed by atoms with Crippen molar-refractivity contribution in [3.8, 4) is 17.1 Å². The Kier molecular flexibility index (Phi) is 7.21. The summed E-state index contributed by atoms with van der Waals surface area (Å²) in [6.07, 6.45) is 1.22. The Morgan fingerprint density at radius 2 is 1.71 bits per heavy atom. The number of fused-ring (bicyclic) bond motifs is 1. The maximum Gasteiger partial charge on any atom is 0.297 e. The molecule has 0 bridgehead atoms. The van der Waals surface area contributed by atoms with Crippen molar-refractivity contribution >= 4 is 27.0 Å². The van der Waals surface area contributed by atoms with Gasteiger partial charge in [-0.3, -0.25) is 9.36 Å². The normalized spacial score (nSPS) is 11.5. The zero-order valence-electron chi connectivity index (χ0n) is 20.1. The van der Waals surface area contributed by atoms with Crippen molar-refractivity contribution < 1.29 is 17.9 Å². The molecular weight excluding hydrogens is 462 g/mol. The molecule has 0 fully saturated rings. The van der Waals surface area contributed by atoms with Crippen LogP contribution in [0, 0.1) is 6.92 Å². The van der Waals surface area contributed by atoms with Crippen molar-refractivity contribution in [1.82, 2.24) is 14.3 Å². The minimum atomic E-state index is -3.69. The van der Waals surface area contributed by atoms with E-state index in [0.29, 0.717) is 30.0 Å². The number of ether oxygens (including phenoxy) is 1. The van der Waals surface area contributed by atoms with Crippen LogP contribution in [0.5, 0.6) is 6.01 Å². The zero-order chi connectivity index (χ0) is 25.0. The summed E-state index contributed by atoms with van der Waals surface area (Å²) < 4.78 is 34.1. The molecular formula is C27H29N3O4S. The molecule has 35 heavy (non-hydrogen) atoms. The maximum atomic E-state index is 12.8. The number of methoxy groups -OCH3 is 1. The molecule has 0 atom stereocenters. The number of carbonyl (C=O) groups excluding carboxylic acids is 1. The molecule has 0 unspecified atom stereocenters. The largest absolute Gasteiger partial charge is 0.468 e. The fourth-order valence-corrected chi connectivity index (χ4v) is 5.18. The zero-order valence-corrected chi connectivity index (χ0v) is 20.9. The van der Waals surface area contributed by atoms with Crippen LogP contribution in [0.3, 0.4) is 0 Å². The SMILES string of the molecule is CCCCS(=O)(=O)NC(=O)c1cc(C)c2nc(OC)n(Cc3ccc(-c4ccccc4)cc3)c2c1. The molecule has 182 valence electrons. The molecule has 0 saturated heterocycles. The fraction of sp³-hybridized carbons (Fsp3) is 0.259. The number of carbonyl (C=O) groups is 1. The molecule has 1 aromatic heterocycles. The lowest BCUT2D eigenvalue weighted by molar-refractivity contribution is 0.0981. The van der Waals surface area contributed by atoms with Crippen molar-refractivity contribution in [3.05, 3.63) is 83.4 Å². The first-order valence-corrected chi connectivity index (χ1v) is 13.2. The highest BCUT2D eigenvalue weighted by molar-refractivity contribution is 7.90. The van der Waals surface area contributed by atoms with Gasteiger partial charge < -0.3 is 4.74 Å². The Labute approximate surface area is 205 Å². The molecule has 7 nitrogen and oxygen atoms in total. The summed E-state index contributed by atoms with van der Waals surface area (Å²) in [5.74, 6) is -0.730. The van der Waals surface area contributed by atoms with E-state index in [0.717, 1.165) is 28.7 Å². The number of nitrogens with zero attached hydrogens (tertiary/aromatic N) is 2. The van der Waals surface area contributed by atoms with Gasteiger partial charge in [0.05, 0.1) is 30.4 Å². The third kappa shape index (κ3) is 5.54. The number of sulfonamides is 1. The van der Waals surface area contributed by atoms with Gasteiger partial charge >= 0.3 is 0 Å². The second-order valence-electron chi connectivity index (χ2n) is 8.51. The van der Waals surface area contributed by atoms with E-state index in [-0.39, 0.29) is 11.3 Å². The number of aromatic nitrogens is 2. The molecule has 3 aromatic carbocycles. The summed E-state index contributed by atoms with van der Waals surface area (Å²) in [6, 6.07) is 22.1. The summed E-state index contributed by atoms with van der Waals surface area (Å²) in [5.41, 5.74) is 5.73. The summed E-state index contributed by atoms with van der Waals surface area (Å²) in [5, 5.41) is 0. The number of hydrogen-bond donors (Lipinski definition) is 1. The first-order valence-electron chi connectivity index (χ1n) is 11.6. The minimum absolute atomic E-state index is 0.0821. The first kappa shape index (κ1) is 24.5. The van der Waals surface area contributed by atoms with Crippen LogP contribution in [-0.4, -0.2) is 36.7 Å². The van der Waals surface area contributed by atoms with Crippen LogP contribution in [-0.2, 0) is 16.6 Å². The van der Waals surface area contributed by atoms with Crippen LogP contribution in [0.25, 0.3) is 22.2 Å². The minimum Gasteiger partial charge on any atom is -0.468 e. The van der Waals surface area contributed by atoms with Crippen molar-refractivity contribution in [1.29, 1.82) is 0 Å². The van der Waals surface area contributed by atoms with Gasteiger partial charge in [0.25, 0.3) is 11.9 Å². The maximum absolute atomic E-state index is 12.8. The Hall–Kier alpha value is -3.65. The number of imidazole rings is 1. The number of nitrogens with one attached hydrogen (secondary N) is 1. The van der Waals surface area contributed by atoms with E-state index in [4.69, 9.17) is 4.74 Å². The van der Waals surface area contributed by atoms with Gasteiger partial charge in [0.15, 0.2) is 0 Å². The molecule has 0 saturated carbocycles. The Morgan fingerprint density at radius 1 is 1.03 bits per heavy atom. The van der Waals surface area contributed by atoms with Gasteiger partial charge in [-0.1, -0.05) is 67.9 Å². The fourth-order valence-electron chi connectivity index (χ4n) is 4.01. The van der Waals surface area contributed by atoms with E-state index in [1.165, 1.54) is 0 Å². The summed E-state index contributed by atoms with van der Waals surface area (Å²) >= 11 is 0. The molecule has 0 aliphatic rings. The second kappa shape index (κ2) is 10.3. The van der Waals surface area contributed by atoms with Crippen LogP contribution < -0.4 is 9.46 Å². The Bertz CT molecular complexity index is 1440. The van der Waals surface area contributed by atoms with Gasteiger partial charge in [0, 0.05) is 5.56 Å². The van der Waals surface area contributed by atoms with Crippen molar-refractivity contribution in [2.24, 2.45) is 0 Å². The van der Waals surface area contributed by atoms with E-state index in [2.05, 4.69) is 46.1 Å². The van der Waals surface area contributed by atoms with Gasteiger partial charge in [0.1, 0.15) is 0 Å². The molecule has 4 aromatic rings. The quantitative estimate of drug-likeness (QED) is 0.359. The summed E-state index contributed by atoms with van der Waals surface area (Å²) in [6.45, 7) is 4.22. The molecule has 0 spiro atoms. The number of rotatable bonds is 9. The van der Waals surface area contributed by atoms with Crippen LogP contribution in [0.1, 0.15) is 41.3 Å². The second-order valence-corrected chi connectivity index (χ2v) is 10.4. The van der Waals surface area contributed by atoms with E-state index in [1.807, 2.05) is 36.6 Å². The number of hydrogen-bond acceptors (Lipinski definition) is 5. The van der Waals surface area contributed by atoms with Gasteiger partial charge in [-0.15, -0.1) is 0 Å². The van der Waals surface area contributed by atoms with Crippen molar-refractivity contribution in [2.45, 2.75) is 33.2 Å². The molecule has 0 aliphatic heterocycles. The molecule has 4 rings (SSSR count). The lowest BCUT2D eigenvalue weighted by Crippen LogP contribution is -2.32. The molecule has 1 heterocycles. The third-order valence-electron chi connectivity index (χ3n) is 5.87. The average Bonchev–Trinajstić information content (AvgIpc) is 3.21. The number of amides is 1. The standard InChI is InChI=1S/C27H29N3O4S/c1-4-5-15-35(32,33)29-26(31)23-16-19(2)25-24(17-23)30(27(28-25)34-3)18-20-11-13-22(14-12-20)21-9-7-6-8-10-21/h6-14,16-17H,4-5,15,18H2,1-3H3,(H,29,31). The van der Waals surface area contributed by atoms with Crippen LogP contribution >= 0.6 is 0 Å². The van der Waals surface area contributed by atoms with Crippen LogP contribution in [0.4, 0.5) is 0 Å². The summed E-state index contributed by atoms with van der Waals surface area (Å²) in [7, 11) is -2.13. The lowest BCUT2D eigenvalue weighted by atomic mass is 10.0. The highest BCUT2D eigenvalue weighted by Gasteiger charge is 2.20. The topological polar surface area (TPSA) is 90.3 Å². The van der Waals surface area contributed by atoms with Crippen molar-refractivity contribution in [2.75, 3.05) is 12.9 Å². The van der Waals surface area contributed by atoms with Gasteiger partial charge in [-0.05, 0) is 47.7 Å². The molecule has 1 N–H and O–H groups in total. The van der Waals surface area contributed by atoms with Gasteiger partial charge in [0.2, 0.25) is 10.0 Å². The number of unbranched alkanes of at least 4 members (excludes halogenated alkanes) is 1. The smallest absolute Gasteiger partial charge is 0.297 e.